The first-order chi connectivity index (χ1) is 8.43. The van der Waals surface area contributed by atoms with E-state index in [9.17, 15) is 13.2 Å². The molecular weight excluding hydrogens is 258 g/mol. The lowest BCUT2D eigenvalue weighted by molar-refractivity contribution is -0.121. The minimum absolute atomic E-state index is 0.0124. The third-order valence-electron chi connectivity index (χ3n) is 2.02. The highest BCUT2D eigenvalue weighted by molar-refractivity contribution is 7.89. The lowest BCUT2D eigenvalue weighted by Crippen LogP contribution is -2.35. The molecule has 0 saturated carbocycles. The van der Waals surface area contributed by atoms with Crippen molar-refractivity contribution in [3.05, 3.63) is 12.3 Å². The third-order valence-corrected chi connectivity index (χ3v) is 3.49. The van der Waals surface area contributed by atoms with Crippen LogP contribution >= 0.6 is 0 Å². The largest absolute Gasteiger partial charge is 0.382 e. The standard InChI is InChI=1S/C9H17N5O3S/c1-2-12-18(16,17)6-4-11-9(15)7-14-5-3-8(10)13-14/h3,5,12H,2,4,6-7H2,1H3,(H2,10,13)(H,11,15). The third kappa shape index (κ3) is 5.15. The van der Waals surface area contributed by atoms with Crippen LogP contribution in [0.5, 0.6) is 0 Å². The summed E-state index contributed by atoms with van der Waals surface area (Å²) in [5.74, 6) is -0.129. The lowest BCUT2D eigenvalue weighted by atomic mass is 10.5. The maximum absolute atomic E-state index is 11.4. The molecule has 0 saturated heterocycles. The van der Waals surface area contributed by atoms with Crippen molar-refractivity contribution in [2.45, 2.75) is 13.5 Å². The van der Waals surface area contributed by atoms with Crippen LogP contribution in [0.3, 0.4) is 0 Å². The van der Waals surface area contributed by atoms with E-state index in [1.807, 2.05) is 0 Å². The van der Waals surface area contributed by atoms with E-state index in [0.29, 0.717) is 12.4 Å². The Kier molecular flexibility index (Phi) is 5.10. The summed E-state index contributed by atoms with van der Waals surface area (Å²) in [5, 5.41) is 6.34. The number of hydrogen-bond acceptors (Lipinski definition) is 5. The summed E-state index contributed by atoms with van der Waals surface area (Å²) in [6.07, 6.45) is 1.57. The summed E-state index contributed by atoms with van der Waals surface area (Å²) in [7, 11) is -3.30. The Morgan fingerprint density at radius 1 is 1.56 bits per heavy atom. The Bertz CT molecular complexity index is 496. The van der Waals surface area contributed by atoms with E-state index in [4.69, 9.17) is 5.73 Å². The van der Waals surface area contributed by atoms with Crippen molar-refractivity contribution >= 4 is 21.7 Å². The number of carbonyl (C=O) groups is 1. The Hall–Kier alpha value is -1.61. The molecule has 1 aromatic rings. The second-order valence-corrected chi connectivity index (χ2v) is 5.53. The number of nitrogens with zero attached hydrogens (tertiary/aromatic N) is 2. The minimum Gasteiger partial charge on any atom is -0.382 e. The molecule has 0 fully saturated rings. The Morgan fingerprint density at radius 3 is 2.83 bits per heavy atom. The number of hydrogen-bond donors (Lipinski definition) is 3. The molecule has 8 nitrogen and oxygen atoms in total. The number of nitrogens with two attached hydrogens (primary N) is 1. The molecule has 4 N–H and O–H groups in total. The number of rotatable bonds is 7. The monoisotopic (exact) mass is 275 g/mol. The zero-order chi connectivity index (χ0) is 13.6. The zero-order valence-corrected chi connectivity index (χ0v) is 10.9. The number of sulfonamides is 1. The van der Waals surface area contributed by atoms with Gasteiger partial charge in [0, 0.05) is 19.3 Å². The van der Waals surface area contributed by atoms with E-state index in [1.165, 1.54) is 4.68 Å². The summed E-state index contributed by atoms with van der Waals surface area (Å²) in [6, 6.07) is 1.57. The molecule has 1 heterocycles. The number of aromatic nitrogens is 2. The van der Waals surface area contributed by atoms with Crippen LogP contribution in [0.1, 0.15) is 6.92 Å². The van der Waals surface area contributed by atoms with Gasteiger partial charge in [-0.15, -0.1) is 0 Å². The van der Waals surface area contributed by atoms with Crippen LogP contribution in [0.4, 0.5) is 5.82 Å². The normalized spacial score (nSPS) is 11.4. The van der Waals surface area contributed by atoms with Crippen molar-refractivity contribution in [1.29, 1.82) is 0 Å². The molecule has 0 unspecified atom stereocenters. The highest BCUT2D eigenvalue weighted by Gasteiger charge is 2.09. The van der Waals surface area contributed by atoms with Crippen LogP contribution in [0.15, 0.2) is 12.3 Å². The average molecular weight is 275 g/mol. The van der Waals surface area contributed by atoms with Gasteiger partial charge in [0.05, 0.1) is 5.75 Å². The van der Waals surface area contributed by atoms with Gasteiger partial charge in [-0.05, 0) is 6.07 Å². The van der Waals surface area contributed by atoms with Crippen LogP contribution < -0.4 is 15.8 Å². The van der Waals surface area contributed by atoms with Gasteiger partial charge in [-0.1, -0.05) is 6.92 Å². The molecule has 0 radical (unpaired) electrons. The van der Waals surface area contributed by atoms with Crippen molar-refractivity contribution in [1.82, 2.24) is 19.8 Å². The predicted octanol–water partition coefficient (Wildman–Crippen LogP) is -1.48. The molecule has 0 aliphatic heterocycles. The molecule has 1 aromatic heterocycles. The van der Waals surface area contributed by atoms with Crippen LogP contribution in [-0.4, -0.2) is 42.9 Å². The number of nitrogens with one attached hydrogen (secondary N) is 2. The van der Waals surface area contributed by atoms with Gasteiger partial charge in [0.2, 0.25) is 15.9 Å². The summed E-state index contributed by atoms with van der Waals surface area (Å²) >= 11 is 0. The van der Waals surface area contributed by atoms with Gasteiger partial charge in [-0.2, -0.15) is 5.10 Å². The van der Waals surface area contributed by atoms with Gasteiger partial charge in [0.25, 0.3) is 0 Å². The van der Waals surface area contributed by atoms with E-state index in [0.717, 1.165) is 0 Å². The molecule has 0 aliphatic carbocycles. The quantitative estimate of drug-likeness (QED) is 0.561. The summed E-state index contributed by atoms with van der Waals surface area (Å²) in [6.45, 7) is 2.10. The molecule has 0 aliphatic rings. The molecule has 1 amide bonds. The highest BCUT2D eigenvalue weighted by Crippen LogP contribution is 1.94. The molecule has 0 spiro atoms. The van der Waals surface area contributed by atoms with Gasteiger partial charge in [0.15, 0.2) is 0 Å². The number of anilines is 1. The Morgan fingerprint density at radius 2 is 2.28 bits per heavy atom. The van der Waals surface area contributed by atoms with Crippen LogP contribution in [-0.2, 0) is 21.4 Å². The second-order valence-electron chi connectivity index (χ2n) is 3.60. The van der Waals surface area contributed by atoms with Gasteiger partial charge < -0.3 is 11.1 Å². The van der Waals surface area contributed by atoms with Crippen molar-refractivity contribution in [3.63, 3.8) is 0 Å². The highest BCUT2D eigenvalue weighted by atomic mass is 32.2. The maximum atomic E-state index is 11.4. The first-order valence-corrected chi connectivity index (χ1v) is 7.11. The first kappa shape index (κ1) is 14.5. The average Bonchev–Trinajstić information content (AvgIpc) is 2.63. The van der Waals surface area contributed by atoms with E-state index in [2.05, 4.69) is 15.1 Å². The molecule has 9 heteroatoms. The van der Waals surface area contributed by atoms with Gasteiger partial charge in [0.1, 0.15) is 12.4 Å². The molecule has 0 atom stereocenters. The number of amides is 1. The maximum Gasteiger partial charge on any atom is 0.241 e. The fraction of sp³-hybridized carbons (Fsp3) is 0.556. The number of carbonyl (C=O) groups excluding carboxylic acids is 1. The number of nitrogen functional groups attached to an aromatic ring is 1. The predicted molar refractivity (Wildman–Crippen MR) is 67.1 cm³/mol. The fourth-order valence-corrected chi connectivity index (χ4v) is 2.24. The van der Waals surface area contributed by atoms with E-state index < -0.39 is 10.0 Å². The van der Waals surface area contributed by atoms with E-state index >= 15 is 0 Å². The lowest BCUT2D eigenvalue weighted by Gasteiger charge is -2.06. The molecule has 102 valence electrons. The fourth-order valence-electron chi connectivity index (χ4n) is 1.29. The van der Waals surface area contributed by atoms with Gasteiger partial charge in [-0.3, -0.25) is 9.48 Å². The molecule has 0 bridgehead atoms. The van der Waals surface area contributed by atoms with E-state index in [1.54, 1.807) is 19.2 Å². The minimum atomic E-state index is -3.30. The van der Waals surface area contributed by atoms with Gasteiger partial charge >= 0.3 is 0 Å². The SMILES string of the molecule is CCNS(=O)(=O)CCNC(=O)Cn1ccc(N)n1. The van der Waals surface area contributed by atoms with E-state index in [-0.39, 0.29) is 24.7 Å². The van der Waals surface area contributed by atoms with Gasteiger partial charge in [-0.25, -0.2) is 13.1 Å². The topological polar surface area (TPSA) is 119 Å². The summed E-state index contributed by atoms with van der Waals surface area (Å²) in [5.41, 5.74) is 5.39. The molecule has 0 aromatic carbocycles. The van der Waals surface area contributed by atoms with Crippen molar-refractivity contribution in [2.24, 2.45) is 0 Å². The van der Waals surface area contributed by atoms with Crippen molar-refractivity contribution < 1.29 is 13.2 Å². The van der Waals surface area contributed by atoms with Crippen LogP contribution in [0, 0.1) is 0 Å². The summed E-state index contributed by atoms with van der Waals surface area (Å²) < 4.78 is 26.3. The molecule has 1 rings (SSSR count). The van der Waals surface area contributed by atoms with Crippen LogP contribution in [0.25, 0.3) is 0 Å². The Balaban J connectivity index is 2.30. The second kappa shape index (κ2) is 6.36. The summed E-state index contributed by atoms with van der Waals surface area (Å²) in [4.78, 5) is 11.4. The smallest absolute Gasteiger partial charge is 0.241 e. The molecular formula is C9H17N5O3S. The van der Waals surface area contributed by atoms with Crippen LogP contribution in [0.2, 0.25) is 0 Å². The van der Waals surface area contributed by atoms with Crippen molar-refractivity contribution in [2.75, 3.05) is 24.6 Å². The molecule has 18 heavy (non-hydrogen) atoms. The Labute approximate surface area is 106 Å². The zero-order valence-electron chi connectivity index (χ0n) is 10.1. The van der Waals surface area contributed by atoms with Crippen molar-refractivity contribution in [3.8, 4) is 0 Å². The first-order valence-electron chi connectivity index (χ1n) is 5.46.